The molecule has 9 heteroatoms. The van der Waals surface area contributed by atoms with Gasteiger partial charge in [-0.25, -0.2) is 22.0 Å². The third-order valence-corrected chi connectivity index (χ3v) is 4.44. The molecule has 1 rings (SSSR count). The molecule has 0 radical (unpaired) electrons. The summed E-state index contributed by atoms with van der Waals surface area (Å²) in [5, 5.41) is 5.02. The molecule has 0 aliphatic rings. The fraction of sp³-hybridized carbons (Fsp3) is 0.250. The zero-order valence-corrected chi connectivity index (χ0v) is 11.2. The van der Waals surface area contributed by atoms with Crippen LogP contribution in [0.15, 0.2) is 23.1 Å². The Morgan fingerprint density at radius 2 is 1.88 bits per heavy atom. The molecule has 0 amide bonds. The molecule has 0 aliphatic heterocycles. The highest BCUT2D eigenvalue weighted by Gasteiger charge is 2.14. The van der Waals surface area contributed by atoms with E-state index in [-0.39, 0.29) is 21.4 Å². The summed E-state index contributed by atoms with van der Waals surface area (Å²) in [5.74, 6) is -0.150. The molecule has 1 aromatic rings. The second-order valence-corrected chi connectivity index (χ2v) is 7.17. The first kappa shape index (κ1) is 14.2. The van der Waals surface area contributed by atoms with Gasteiger partial charge in [0.25, 0.3) is 0 Å². The van der Waals surface area contributed by atoms with Crippen molar-refractivity contribution in [1.82, 2.24) is 0 Å². The third kappa shape index (κ3) is 3.84. The van der Waals surface area contributed by atoms with Gasteiger partial charge in [-0.05, 0) is 25.1 Å². The quantitative estimate of drug-likeness (QED) is 0.855. The van der Waals surface area contributed by atoms with Gasteiger partial charge in [0.15, 0.2) is 0 Å². The summed E-state index contributed by atoms with van der Waals surface area (Å²) in [7, 11) is -7.43. The van der Waals surface area contributed by atoms with Crippen LogP contribution in [0.25, 0.3) is 0 Å². The van der Waals surface area contributed by atoms with Crippen LogP contribution in [-0.2, 0) is 20.0 Å². The highest BCUT2D eigenvalue weighted by atomic mass is 35.5. The van der Waals surface area contributed by atoms with Crippen molar-refractivity contribution in [2.45, 2.75) is 11.8 Å². The van der Waals surface area contributed by atoms with Crippen molar-refractivity contribution in [2.24, 2.45) is 5.14 Å². The predicted molar refractivity (Wildman–Crippen MR) is 65.9 cm³/mol. The van der Waals surface area contributed by atoms with Gasteiger partial charge < -0.3 is 0 Å². The van der Waals surface area contributed by atoms with E-state index in [1.807, 2.05) is 0 Å². The van der Waals surface area contributed by atoms with Gasteiger partial charge in [-0.1, -0.05) is 11.6 Å². The van der Waals surface area contributed by atoms with Crippen LogP contribution in [0.1, 0.15) is 6.92 Å². The highest BCUT2D eigenvalue weighted by molar-refractivity contribution is 7.92. The first-order valence-electron chi connectivity index (χ1n) is 4.48. The molecular formula is C8H11ClN2O4S2. The molecule has 0 saturated carbocycles. The average Bonchev–Trinajstić information content (AvgIpc) is 2.19. The number of rotatable bonds is 4. The van der Waals surface area contributed by atoms with Crippen molar-refractivity contribution < 1.29 is 16.8 Å². The number of anilines is 1. The smallest absolute Gasteiger partial charge is 0.238 e. The monoisotopic (exact) mass is 298 g/mol. The van der Waals surface area contributed by atoms with E-state index in [0.717, 1.165) is 6.07 Å². The summed E-state index contributed by atoms with van der Waals surface area (Å²) < 4.78 is 47.0. The number of halogens is 1. The predicted octanol–water partition coefficient (Wildman–Crippen LogP) is 0.749. The standard InChI is InChI=1S/C8H11ClN2O4S2/c1-2-16(12,13)11-8-5-6(17(10,14)15)3-4-7(8)9/h3-5,11H,2H2,1H3,(H2,10,14,15). The maximum atomic E-state index is 11.3. The molecule has 0 spiro atoms. The van der Waals surface area contributed by atoms with Crippen LogP contribution in [0.2, 0.25) is 5.02 Å². The summed E-state index contributed by atoms with van der Waals surface area (Å²) in [4.78, 5) is -0.212. The van der Waals surface area contributed by atoms with Crippen molar-refractivity contribution >= 4 is 37.3 Å². The van der Waals surface area contributed by atoms with Gasteiger partial charge in [0.05, 0.1) is 21.4 Å². The lowest BCUT2D eigenvalue weighted by atomic mass is 10.3. The Bertz CT molecular complexity index is 625. The van der Waals surface area contributed by atoms with Gasteiger partial charge in [-0.15, -0.1) is 0 Å². The number of sulfonamides is 2. The molecule has 0 aromatic heterocycles. The van der Waals surface area contributed by atoms with E-state index in [1.165, 1.54) is 19.1 Å². The SMILES string of the molecule is CCS(=O)(=O)Nc1cc(S(N)(=O)=O)ccc1Cl. The second kappa shape index (κ2) is 4.81. The summed E-state index contributed by atoms with van der Waals surface area (Å²) in [6, 6.07) is 3.53. The van der Waals surface area contributed by atoms with Crippen LogP contribution >= 0.6 is 11.6 Å². The van der Waals surface area contributed by atoms with E-state index in [9.17, 15) is 16.8 Å². The first-order valence-corrected chi connectivity index (χ1v) is 8.06. The zero-order valence-electron chi connectivity index (χ0n) is 8.84. The van der Waals surface area contributed by atoms with Gasteiger partial charge in [-0.3, -0.25) is 4.72 Å². The summed E-state index contributed by atoms with van der Waals surface area (Å²) in [5.41, 5.74) is -0.0139. The Labute approximate surface area is 105 Å². The molecule has 1 aromatic carbocycles. The molecule has 0 atom stereocenters. The maximum Gasteiger partial charge on any atom is 0.238 e. The molecule has 6 nitrogen and oxygen atoms in total. The highest BCUT2D eigenvalue weighted by Crippen LogP contribution is 2.25. The molecule has 17 heavy (non-hydrogen) atoms. The Hall–Kier alpha value is -0.830. The number of benzene rings is 1. The molecule has 0 saturated heterocycles. The van der Waals surface area contributed by atoms with Crippen molar-refractivity contribution in [3.8, 4) is 0 Å². The number of nitrogens with two attached hydrogens (primary N) is 1. The van der Waals surface area contributed by atoms with Crippen molar-refractivity contribution in [2.75, 3.05) is 10.5 Å². The van der Waals surface area contributed by atoms with E-state index in [2.05, 4.69) is 4.72 Å². The van der Waals surface area contributed by atoms with E-state index in [1.54, 1.807) is 0 Å². The van der Waals surface area contributed by atoms with Crippen molar-refractivity contribution in [1.29, 1.82) is 0 Å². The molecule has 0 heterocycles. The molecule has 0 unspecified atom stereocenters. The normalized spacial score (nSPS) is 12.4. The van der Waals surface area contributed by atoms with Gasteiger partial charge in [0, 0.05) is 0 Å². The average molecular weight is 299 g/mol. The van der Waals surface area contributed by atoms with Gasteiger partial charge >= 0.3 is 0 Å². The fourth-order valence-corrected chi connectivity index (χ4v) is 2.41. The number of hydrogen-bond acceptors (Lipinski definition) is 4. The Kier molecular flexibility index (Phi) is 4.03. The molecule has 96 valence electrons. The lowest BCUT2D eigenvalue weighted by molar-refractivity contribution is 0.596. The van der Waals surface area contributed by atoms with Crippen LogP contribution in [0.3, 0.4) is 0 Å². The van der Waals surface area contributed by atoms with E-state index in [0.29, 0.717) is 0 Å². The van der Waals surface area contributed by atoms with E-state index >= 15 is 0 Å². The van der Waals surface area contributed by atoms with E-state index in [4.69, 9.17) is 16.7 Å². The van der Waals surface area contributed by atoms with Crippen LogP contribution in [0.4, 0.5) is 5.69 Å². The van der Waals surface area contributed by atoms with Gasteiger partial charge in [0.1, 0.15) is 0 Å². The second-order valence-electron chi connectivity index (χ2n) is 3.19. The Morgan fingerprint density at radius 1 is 1.29 bits per heavy atom. The summed E-state index contributed by atoms with van der Waals surface area (Å²) >= 11 is 5.75. The minimum atomic E-state index is -3.90. The Balaban J connectivity index is 3.26. The third-order valence-electron chi connectivity index (χ3n) is 1.91. The molecular weight excluding hydrogens is 288 g/mol. The van der Waals surface area contributed by atoms with Crippen molar-refractivity contribution in [3.63, 3.8) is 0 Å². The lowest BCUT2D eigenvalue weighted by Crippen LogP contribution is -2.16. The maximum absolute atomic E-state index is 11.3. The molecule has 3 N–H and O–H groups in total. The summed E-state index contributed by atoms with van der Waals surface area (Å²) in [6.07, 6.45) is 0. The van der Waals surface area contributed by atoms with Gasteiger partial charge in [0.2, 0.25) is 20.0 Å². The minimum Gasteiger partial charge on any atom is -0.282 e. The topological polar surface area (TPSA) is 106 Å². The fourth-order valence-electron chi connectivity index (χ4n) is 0.999. The zero-order chi connectivity index (χ0) is 13.3. The van der Waals surface area contributed by atoms with E-state index < -0.39 is 20.0 Å². The largest absolute Gasteiger partial charge is 0.282 e. The number of nitrogens with one attached hydrogen (secondary N) is 1. The number of hydrogen-bond donors (Lipinski definition) is 2. The van der Waals surface area contributed by atoms with Crippen LogP contribution in [0, 0.1) is 0 Å². The van der Waals surface area contributed by atoms with Crippen LogP contribution < -0.4 is 9.86 Å². The lowest BCUT2D eigenvalue weighted by Gasteiger charge is -2.09. The molecule has 0 fully saturated rings. The van der Waals surface area contributed by atoms with Gasteiger partial charge in [-0.2, -0.15) is 0 Å². The van der Waals surface area contributed by atoms with Crippen LogP contribution in [-0.4, -0.2) is 22.6 Å². The summed E-state index contributed by atoms with van der Waals surface area (Å²) in [6.45, 7) is 1.44. The molecule has 0 aliphatic carbocycles. The van der Waals surface area contributed by atoms with Crippen molar-refractivity contribution in [3.05, 3.63) is 23.2 Å². The minimum absolute atomic E-state index is 0.0139. The number of primary sulfonamides is 1. The molecule has 0 bridgehead atoms. The first-order chi connectivity index (χ1) is 7.65. The Morgan fingerprint density at radius 3 is 2.35 bits per heavy atom. The van der Waals surface area contributed by atoms with Crippen LogP contribution in [0.5, 0.6) is 0 Å².